The molecule has 0 aromatic carbocycles. The van der Waals surface area contributed by atoms with Crippen molar-refractivity contribution in [2.24, 2.45) is 17.6 Å². The average molecular weight is 408 g/mol. The van der Waals surface area contributed by atoms with Crippen LogP contribution in [-0.4, -0.2) is 61.0 Å². The fourth-order valence-electron chi connectivity index (χ4n) is 4.88. The normalized spacial score (nSPS) is 31.6. The lowest BCUT2D eigenvalue weighted by Gasteiger charge is -2.42. The van der Waals surface area contributed by atoms with Crippen LogP contribution in [0.25, 0.3) is 0 Å². The van der Waals surface area contributed by atoms with E-state index in [0.717, 1.165) is 44.9 Å². The summed E-state index contributed by atoms with van der Waals surface area (Å²) in [7, 11) is -3.41. The molecule has 26 heavy (non-hydrogen) atoms. The number of carbonyl (C=O) groups is 1. The summed E-state index contributed by atoms with van der Waals surface area (Å²) >= 11 is 0. The number of piperidine rings is 2. The van der Waals surface area contributed by atoms with Gasteiger partial charge in [0.1, 0.15) is 0 Å². The highest BCUT2D eigenvalue weighted by molar-refractivity contribution is 7.89. The van der Waals surface area contributed by atoms with Crippen molar-refractivity contribution >= 4 is 28.3 Å². The Morgan fingerprint density at radius 3 is 2.35 bits per heavy atom. The molecule has 0 bridgehead atoms. The van der Waals surface area contributed by atoms with Crippen molar-refractivity contribution in [2.75, 3.05) is 26.2 Å². The van der Waals surface area contributed by atoms with Gasteiger partial charge in [-0.05, 0) is 44.4 Å². The van der Waals surface area contributed by atoms with Crippen molar-refractivity contribution in [2.45, 2.75) is 69.6 Å². The molecule has 0 radical (unpaired) electrons. The summed E-state index contributed by atoms with van der Waals surface area (Å²) in [6, 6.07) is -0.0975. The van der Waals surface area contributed by atoms with E-state index in [1.165, 1.54) is 0 Å². The van der Waals surface area contributed by atoms with Crippen LogP contribution in [0.2, 0.25) is 0 Å². The van der Waals surface area contributed by atoms with E-state index >= 15 is 0 Å². The summed E-state index contributed by atoms with van der Waals surface area (Å²) in [4.78, 5) is 14.5. The Morgan fingerprint density at radius 1 is 1.04 bits per heavy atom. The number of nitrogens with two attached hydrogens (primary N) is 1. The van der Waals surface area contributed by atoms with Gasteiger partial charge >= 0.3 is 0 Å². The molecule has 6 nitrogen and oxygen atoms in total. The standard InChI is InChI=1S/C18H33N3O3S.ClH/c1-14-6-4-11-21(17(14)12-19)25(23,24)16-9-5-10-20(13-16)18(22)15-7-2-3-8-15;/h14-17H,2-13,19H2,1H3;1H. The van der Waals surface area contributed by atoms with Gasteiger partial charge in [-0.15, -0.1) is 12.4 Å². The molecule has 1 saturated carbocycles. The minimum atomic E-state index is -3.41. The van der Waals surface area contributed by atoms with Gasteiger partial charge in [0.25, 0.3) is 0 Å². The second kappa shape index (κ2) is 9.22. The van der Waals surface area contributed by atoms with Crippen molar-refractivity contribution in [3.05, 3.63) is 0 Å². The Kier molecular flexibility index (Phi) is 7.77. The van der Waals surface area contributed by atoms with Crippen molar-refractivity contribution in [1.82, 2.24) is 9.21 Å². The van der Waals surface area contributed by atoms with Crippen LogP contribution in [-0.2, 0) is 14.8 Å². The molecule has 152 valence electrons. The van der Waals surface area contributed by atoms with Crippen molar-refractivity contribution < 1.29 is 13.2 Å². The minimum absolute atomic E-state index is 0. The first-order valence-electron chi connectivity index (χ1n) is 9.94. The van der Waals surface area contributed by atoms with Crippen LogP contribution in [0.5, 0.6) is 0 Å². The summed E-state index contributed by atoms with van der Waals surface area (Å²) in [5.41, 5.74) is 5.90. The number of amides is 1. The fourth-order valence-corrected chi connectivity index (χ4v) is 7.15. The van der Waals surface area contributed by atoms with Gasteiger partial charge in [-0.1, -0.05) is 19.8 Å². The quantitative estimate of drug-likeness (QED) is 0.772. The van der Waals surface area contributed by atoms with Crippen molar-refractivity contribution in [1.29, 1.82) is 0 Å². The number of rotatable bonds is 4. The third-order valence-electron chi connectivity index (χ3n) is 6.45. The molecule has 3 aliphatic rings. The molecule has 3 atom stereocenters. The topological polar surface area (TPSA) is 83.7 Å². The van der Waals surface area contributed by atoms with Gasteiger partial charge in [0, 0.05) is 38.1 Å². The molecule has 8 heteroatoms. The fraction of sp³-hybridized carbons (Fsp3) is 0.944. The Labute approximate surface area is 164 Å². The van der Waals surface area contributed by atoms with Gasteiger partial charge in [0.2, 0.25) is 15.9 Å². The van der Waals surface area contributed by atoms with Crippen LogP contribution in [0.4, 0.5) is 0 Å². The van der Waals surface area contributed by atoms with Gasteiger partial charge in [0.15, 0.2) is 0 Å². The van der Waals surface area contributed by atoms with Crippen molar-refractivity contribution in [3.63, 3.8) is 0 Å². The van der Waals surface area contributed by atoms with Gasteiger partial charge < -0.3 is 10.6 Å². The van der Waals surface area contributed by atoms with Crippen LogP contribution in [0.3, 0.4) is 0 Å². The molecule has 2 aliphatic heterocycles. The third-order valence-corrected chi connectivity index (χ3v) is 8.78. The Balaban J connectivity index is 0.00000243. The Morgan fingerprint density at radius 2 is 1.69 bits per heavy atom. The molecular weight excluding hydrogens is 374 g/mol. The van der Waals surface area contributed by atoms with Crippen LogP contribution >= 0.6 is 12.4 Å². The molecular formula is C18H34ClN3O3S. The Bertz CT molecular complexity index is 580. The number of sulfonamides is 1. The van der Waals surface area contributed by atoms with E-state index in [1.807, 2.05) is 4.90 Å². The zero-order chi connectivity index (χ0) is 18.0. The van der Waals surface area contributed by atoms with E-state index < -0.39 is 15.3 Å². The molecule has 2 heterocycles. The first kappa shape index (κ1) is 21.9. The maximum absolute atomic E-state index is 13.3. The van der Waals surface area contributed by atoms with Crippen LogP contribution in [0.15, 0.2) is 0 Å². The largest absolute Gasteiger partial charge is 0.341 e. The SMILES string of the molecule is CC1CCCN(S(=O)(=O)C2CCCN(C(=O)C3CCCC3)C2)C1CN.Cl. The van der Waals surface area contributed by atoms with Crippen LogP contribution < -0.4 is 5.73 Å². The molecule has 3 unspecified atom stereocenters. The average Bonchev–Trinajstić information content (AvgIpc) is 3.15. The first-order chi connectivity index (χ1) is 11.9. The highest BCUT2D eigenvalue weighted by Gasteiger charge is 2.42. The molecule has 0 aromatic heterocycles. The Hall–Kier alpha value is -0.370. The summed E-state index contributed by atoms with van der Waals surface area (Å²) in [6.45, 7) is 4.10. The first-order valence-corrected chi connectivity index (χ1v) is 11.4. The van der Waals surface area contributed by atoms with Crippen LogP contribution in [0, 0.1) is 11.8 Å². The highest BCUT2D eigenvalue weighted by atomic mass is 35.5. The second-order valence-corrected chi connectivity index (χ2v) is 10.3. The monoisotopic (exact) mass is 407 g/mol. The van der Waals surface area contributed by atoms with E-state index in [-0.39, 0.29) is 30.3 Å². The van der Waals surface area contributed by atoms with E-state index in [9.17, 15) is 13.2 Å². The zero-order valence-electron chi connectivity index (χ0n) is 15.8. The van der Waals surface area contributed by atoms with E-state index in [4.69, 9.17) is 5.73 Å². The second-order valence-electron chi connectivity index (χ2n) is 8.11. The van der Waals surface area contributed by atoms with Gasteiger partial charge in [-0.25, -0.2) is 8.42 Å². The maximum atomic E-state index is 13.3. The number of likely N-dealkylation sites (tertiary alicyclic amines) is 1. The van der Waals surface area contributed by atoms with E-state index in [0.29, 0.717) is 38.5 Å². The molecule has 0 aromatic rings. The molecule has 3 rings (SSSR count). The lowest BCUT2D eigenvalue weighted by molar-refractivity contribution is -0.136. The lowest BCUT2D eigenvalue weighted by Crippen LogP contribution is -2.57. The van der Waals surface area contributed by atoms with E-state index in [2.05, 4.69) is 6.92 Å². The number of nitrogens with zero attached hydrogens (tertiary/aromatic N) is 2. The summed E-state index contributed by atoms with van der Waals surface area (Å²) in [6.07, 6.45) is 7.53. The predicted molar refractivity (Wildman–Crippen MR) is 106 cm³/mol. The van der Waals surface area contributed by atoms with Gasteiger partial charge in [-0.2, -0.15) is 4.31 Å². The summed E-state index contributed by atoms with van der Waals surface area (Å²) < 4.78 is 28.2. The van der Waals surface area contributed by atoms with Gasteiger partial charge in [-0.3, -0.25) is 4.79 Å². The molecule has 3 fully saturated rings. The minimum Gasteiger partial charge on any atom is -0.341 e. The summed E-state index contributed by atoms with van der Waals surface area (Å²) in [5.74, 6) is 0.598. The zero-order valence-corrected chi connectivity index (χ0v) is 17.4. The number of carbonyl (C=O) groups excluding carboxylic acids is 1. The predicted octanol–water partition coefficient (Wildman–Crippen LogP) is 1.98. The number of hydrogen-bond donors (Lipinski definition) is 1. The lowest BCUT2D eigenvalue weighted by atomic mass is 9.93. The van der Waals surface area contributed by atoms with E-state index in [1.54, 1.807) is 4.31 Å². The highest BCUT2D eigenvalue weighted by Crippen LogP contribution is 2.31. The third kappa shape index (κ3) is 4.37. The van der Waals surface area contributed by atoms with Crippen molar-refractivity contribution in [3.8, 4) is 0 Å². The van der Waals surface area contributed by atoms with Crippen LogP contribution in [0.1, 0.15) is 58.3 Å². The smallest absolute Gasteiger partial charge is 0.225 e. The molecule has 0 spiro atoms. The summed E-state index contributed by atoms with van der Waals surface area (Å²) in [5, 5.41) is -0.467. The van der Waals surface area contributed by atoms with Gasteiger partial charge in [0.05, 0.1) is 5.25 Å². The molecule has 2 saturated heterocycles. The number of halogens is 1. The molecule has 2 N–H and O–H groups in total. The number of hydrogen-bond acceptors (Lipinski definition) is 4. The maximum Gasteiger partial charge on any atom is 0.225 e. The molecule has 1 amide bonds. The molecule has 1 aliphatic carbocycles.